The van der Waals surface area contributed by atoms with Crippen LogP contribution < -0.4 is 0 Å². The molecule has 1 aromatic rings. The molecule has 1 aromatic heterocycles. The van der Waals surface area contributed by atoms with Gasteiger partial charge in [0.25, 0.3) is 6.43 Å². The van der Waals surface area contributed by atoms with Crippen LogP contribution in [0.1, 0.15) is 23.2 Å². The molecule has 0 unspecified atom stereocenters. The van der Waals surface area contributed by atoms with Crippen molar-refractivity contribution >= 4 is 29.2 Å². The number of alkyl halides is 3. The van der Waals surface area contributed by atoms with E-state index in [0.717, 1.165) is 6.07 Å². The van der Waals surface area contributed by atoms with Crippen LogP contribution in [-0.4, -0.2) is 18.1 Å². The van der Waals surface area contributed by atoms with Crippen LogP contribution in [0.2, 0.25) is 5.15 Å². The van der Waals surface area contributed by atoms with Crippen LogP contribution >= 0.6 is 23.2 Å². The Balaban J connectivity index is 3.21. The number of hydrogen-bond donors (Lipinski definition) is 0. The molecule has 3 nitrogen and oxygen atoms in total. The predicted octanol–water partition coefficient (Wildman–Crippen LogP) is 3.13. The van der Waals surface area contributed by atoms with Crippen molar-refractivity contribution in [1.29, 1.82) is 0 Å². The highest BCUT2D eigenvalue weighted by atomic mass is 35.5. The zero-order valence-electron chi connectivity index (χ0n) is 8.84. The van der Waals surface area contributed by atoms with Crippen molar-refractivity contribution in [3.63, 3.8) is 0 Å². The molecule has 1 heterocycles. The number of rotatable bonds is 4. The smallest absolute Gasteiger partial charge is 0.310 e. The largest absolute Gasteiger partial charge is 0.469 e. The molecule has 0 saturated heterocycles. The summed E-state index contributed by atoms with van der Waals surface area (Å²) in [5.74, 6) is -0.688. The fourth-order valence-electron chi connectivity index (χ4n) is 1.27. The lowest BCUT2D eigenvalue weighted by Gasteiger charge is -2.11. The molecule has 0 aliphatic rings. The van der Waals surface area contributed by atoms with Crippen LogP contribution in [-0.2, 0) is 21.8 Å². The van der Waals surface area contributed by atoms with Gasteiger partial charge in [0, 0.05) is 11.1 Å². The molecular formula is C10H9Cl2F2NO2. The van der Waals surface area contributed by atoms with Crippen molar-refractivity contribution in [3.05, 3.63) is 28.0 Å². The first-order valence-electron chi connectivity index (χ1n) is 4.58. The Morgan fingerprint density at radius 2 is 2.24 bits per heavy atom. The Hall–Kier alpha value is -0.940. The third-order valence-corrected chi connectivity index (χ3v) is 2.67. The summed E-state index contributed by atoms with van der Waals surface area (Å²) in [6.07, 6.45) is -3.10. The first-order chi connectivity index (χ1) is 7.99. The molecule has 0 aromatic carbocycles. The van der Waals surface area contributed by atoms with Crippen molar-refractivity contribution in [2.75, 3.05) is 7.11 Å². The van der Waals surface area contributed by atoms with Gasteiger partial charge in [-0.3, -0.25) is 4.79 Å². The third-order valence-electron chi connectivity index (χ3n) is 2.08. The lowest BCUT2D eigenvalue weighted by Crippen LogP contribution is -2.09. The molecule has 0 amide bonds. The molecule has 0 N–H and O–H groups in total. The van der Waals surface area contributed by atoms with E-state index < -0.39 is 12.4 Å². The minimum atomic E-state index is -2.75. The van der Waals surface area contributed by atoms with Gasteiger partial charge in [-0.15, -0.1) is 11.6 Å². The molecule has 0 fully saturated rings. The number of carbonyl (C=O) groups is 1. The molecule has 0 spiro atoms. The van der Waals surface area contributed by atoms with E-state index in [1.807, 2.05) is 0 Å². The number of esters is 1. The van der Waals surface area contributed by atoms with Crippen LogP contribution in [0.4, 0.5) is 8.78 Å². The zero-order chi connectivity index (χ0) is 13.0. The van der Waals surface area contributed by atoms with E-state index in [9.17, 15) is 13.6 Å². The summed E-state index contributed by atoms with van der Waals surface area (Å²) in [7, 11) is 1.17. The molecule has 0 bridgehead atoms. The van der Waals surface area contributed by atoms with E-state index in [1.54, 1.807) is 0 Å². The van der Waals surface area contributed by atoms with Gasteiger partial charge in [0.05, 0.1) is 25.1 Å². The molecule has 7 heteroatoms. The standard InChI is InChI=1S/C10H9Cl2F2NO2/c1-17-8(16)3-6-7(10(13)14)2-5(4-11)15-9(6)12/h2,10H,3-4H2,1H3. The number of aromatic nitrogens is 1. The molecule has 1 rings (SSSR count). The molecule has 94 valence electrons. The van der Waals surface area contributed by atoms with E-state index in [4.69, 9.17) is 23.2 Å². The van der Waals surface area contributed by atoms with Gasteiger partial charge in [-0.25, -0.2) is 13.8 Å². The van der Waals surface area contributed by atoms with E-state index in [-0.39, 0.29) is 34.3 Å². The highest BCUT2D eigenvalue weighted by molar-refractivity contribution is 6.30. The Bertz CT molecular complexity index is 427. The van der Waals surface area contributed by atoms with Gasteiger partial charge in [0.15, 0.2) is 0 Å². The Labute approximate surface area is 107 Å². The summed E-state index contributed by atoms with van der Waals surface area (Å²) in [5, 5.41) is -0.149. The Morgan fingerprint density at radius 1 is 1.59 bits per heavy atom. The molecule has 0 aliphatic carbocycles. The molecule has 17 heavy (non-hydrogen) atoms. The molecular weight excluding hydrogens is 275 g/mol. The molecule has 0 saturated carbocycles. The van der Waals surface area contributed by atoms with Gasteiger partial charge >= 0.3 is 5.97 Å². The van der Waals surface area contributed by atoms with Crippen molar-refractivity contribution in [2.45, 2.75) is 18.7 Å². The van der Waals surface area contributed by atoms with Crippen LogP contribution in [0.5, 0.6) is 0 Å². The van der Waals surface area contributed by atoms with Gasteiger partial charge in [0.2, 0.25) is 0 Å². The second kappa shape index (κ2) is 6.12. The second-order valence-corrected chi connectivity index (χ2v) is 3.78. The molecule has 0 aliphatic heterocycles. The summed E-state index contributed by atoms with van der Waals surface area (Å²) in [6.45, 7) is 0. The molecule has 0 radical (unpaired) electrons. The minimum Gasteiger partial charge on any atom is -0.469 e. The summed E-state index contributed by atoms with van der Waals surface area (Å²) in [5.41, 5.74) is -0.131. The zero-order valence-corrected chi connectivity index (χ0v) is 10.4. The van der Waals surface area contributed by atoms with Gasteiger partial charge in [-0.05, 0) is 6.07 Å². The fourth-order valence-corrected chi connectivity index (χ4v) is 1.69. The number of ether oxygens (including phenoxy) is 1. The summed E-state index contributed by atoms with van der Waals surface area (Å²) in [6, 6.07) is 1.14. The number of pyridine rings is 1. The van der Waals surface area contributed by atoms with Crippen molar-refractivity contribution < 1.29 is 18.3 Å². The van der Waals surface area contributed by atoms with Crippen molar-refractivity contribution in [2.24, 2.45) is 0 Å². The van der Waals surface area contributed by atoms with Gasteiger partial charge < -0.3 is 4.74 Å². The fraction of sp³-hybridized carbons (Fsp3) is 0.400. The topological polar surface area (TPSA) is 39.2 Å². The van der Waals surface area contributed by atoms with Crippen LogP contribution in [0, 0.1) is 0 Å². The molecule has 0 atom stereocenters. The van der Waals surface area contributed by atoms with E-state index >= 15 is 0 Å². The van der Waals surface area contributed by atoms with Crippen LogP contribution in [0.25, 0.3) is 0 Å². The summed E-state index contributed by atoms with van der Waals surface area (Å²) >= 11 is 11.3. The average Bonchev–Trinajstić information content (AvgIpc) is 2.30. The summed E-state index contributed by atoms with van der Waals surface area (Å²) < 4.78 is 30.0. The lowest BCUT2D eigenvalue weighted by atomic mass is 10.1. The number of carbonyl (C=O) groups excluding carboxylic acids is 1. The van der Waals surface area contributed by atoms with E-state index in [1.165, 1.54) is 7.11 Å². The second-order valence-electron chi connectivity index (χ2n) is 3.16. The number of nitrogens with zero attached hydrogens (tertiary/aromatic N) is 1. The quantitative estimate of drug-likeness (QED) is 0.484. The normalized spacial score (nSPS) is 10.7. The average molecular weight is 284 g/mol. The van der Waals surface area contributed by atoms with E-state index in [2.05, 4.69) is 9.72 Å². The number of methoxy groups -OCH3 is 1. The monoisotopic (exact) mass is 283 g/mol. The highest BCUT2D eigenvalue weighted by Crippen LogP contribution is 2.29. The van der Waals surface area contributed by atoms with Crippen LogP contribution in [0.15, 0.2) is 6.07 Å². The van der Waals surface area contributed by atoms with Gasteiger partial charge in [-0.2, -0.15) is 0 Å². The van der Waals surface area contributed by atoms with Crippen LogP contribution in [0.3, 0.4) is 0 Å². The lowest BCUT2D eigenvalue weighted by molar-refractivity contribution is -0.139. The number of hydrogen-bond acceptors (Lipinski definition) is 3. The summed E-state index contributed by atoms with van der Waals surface area (Å²) in [4.78, 5) is 14.9. The third kappa shape index (κ3) is 3.51. The Kier molecular flexibility index (Phi) is 5.08. The maximum absolute atomic E-state index is 12.8. The first-order valence-corrected chi connectivity index (χ1v) is 5.50. The minimum absolute atomic E-state index is 0.0256. The number of halogens is 4. The van der Waals surface area contributed by atoms with Gasteiger partial charge in [0.1, 0.15) is 5.15 Å². The van der Waals surface area contributed by atoms with E-state index in [0.29, 0.717) is 0 Å². The maximum Gasteiger partial charge on any atom is 0.310 e. The first kappa shape index (κ1) is 14.1. The Morgan fingerprint density at radius 3 is 2.71 bits per heavy atom. The predicted molar refractivity (Wildman–Crippen MR) is 59.5 cm³/mol. The van der Waals surface area contributed by atoms with Gasteiger partial charge in [-0.1, -0.05) is 11.6 Å². The maximum atomic E-state index is 12.8. The van der Waals surface area contributed by atoms with Crippen molar-refractivity contribution in [3.8, 4) is 0 Å². The van der Waals surface area contributed by atoms with Crippen molar-refractivity contribution in [1.82, 2.24) is 4.98 Å². The highest BCUT2D eigenvalue weighted by Gasteiger charge is 2.20. The SMILES string of the molecule is COC(=O)Cc1c(C(F)F)cc(CCl)nc1Cl.